The summed E-state index contributed by atoms with van der Waals surface area (Å²) in [4.78, 5) is 17.9. The maximum absolute atomic E-state index is 13.0. The Labute approximate surface area is 186 Å². The Kier molecular flexibility index (Phi) is 6.52. The summed E-state index contributed by atoms with van der Waals surface area (Å²) in [5.41, 5.74) is 3.17. The van der Waals surface area contributed by atoms with Gasteiger partial charge in [0, 0.05) is 10.4 Å². The van der Waals surface area contributed by atoms with E-state index in [9.17, 15) is 9.90 Å². The third-order valence-corrected chi connectivity index (χ3v) is 5.34. The lowest BCUT2D eigenvalue weighted by molar-refractivity contribution is 0.343. The molecule has 2 N–H and O–H groups in total. The largest absolute Gasteiger partial charge is 0.506 e. The van der Waals surface area contributed by atoms with Crippen molar-refractivity contribution in [1.29, 1.82) is 0 Å². The van der Waals surface area contributed by atoms with Gasteiger partial charge in [0.05, 0.1) is 17.1 Å². The molecule has 4 rings (SSSR count). The van der Waals surface area contributed by atoms with E-state index in [2.05, 4.69) is 22.0 Å². The molecule has 1 unspecified atom stereocenters. The number of H-pyrrole nitrogens is 1. The summed E-state index contributed by atoms with van der Waals surface area (Å²) >= 11 is 6.04. The highest BCUT2D eigenvalue weighted by atomic mass is 35.5. The van der Waals surface area contributed by atoms with Crippen LogP contribution in [0.4, 0.5) is 0 Å². The minimum absolute atomic E-state index is 0. The number of nitrogens with one attached hydrogen (secondary N) is 1. The van der Waals surface area contributed by atoms with Gasteiger partial charge in [0.2, 0.25) is 0 Å². The van der Waals surface area contributed by atoms with Gasteiger partial charge in [-0.15, -0.1) is 12.4 Å². The number of rotatable bonds is 4. The number of fused-ring (bicyclic) bond motifs is 1. The molecule has 0 amide bonds. The average molecular weight is 441 g/mol. The fourth-order valence-electron chi connectivity index (χ4n) is 3.86. The molecule has 1 heterocycles. The number of hydrogen-bond donors (Lipinski definition) is 2. The Morgan fingerprint density at radius 1 is 0.967 bits per heavy atom. The van der Waals surface area contributed by atoms with Crippen LogP contribution in [0.25, 0.3) is 22.0 Å². The Bertz CT molecular complexity index is 1240. The standard InChI is InChI=1S/C24H21ClN2O2.ClH/c1-27(2)22(15-8-4-3-5-9-15)18-11-7-6-10-17(18)21-23(28)19-13-12-16(25)14-20(19)26-24(21)29;/h3-14,22H,1-2H3,(H2,26,28,29);1H. The topological polar surface area (TPSA) is 56.3 Å². The van der Waals surface area contributed by atoms with Gasteiger partial charge in [-0.2, -0.15) is 0 Å². The first-order valence-electron chi connectivity index (χ1n) is 9.32. The van der Waals surface area contributed by atoms with Crippen LogP contribution in [0.2, 0.25) is 5.02 Å². The molecule has 0 radical (unpaired) electrons. The number of hydrogen-bond acceptors (Lipinski definition) is 3. The number of nitrogens with zero attached hydrogens (tertiary/aromatic N) is 1. The zero-order valence-corrected chi connectivity index (χ0v) is 18.2. The van der Waals surface area contributed by atoms with E-state index < -0.39 is 0 Å². The maximum Gasteiger partial charge on any atom is 0.260 e. The molecule has 0 aliphatic heterocycles. The molecule has 4 nitrogen and oxygen atoms in total. The van der Waals surface area contributed by atoms with Crippen LogP contribution in [-0.2, 0) is 0 Å². The Hall–Kier alpha value is -2.79. The molecule has 1 aromatic heterocycles. The lowest BCUT2D eigenvalue weighted by atomic mass is 9.90. The molecular formula is C24H22Cl2N2O2. The Morgan fingerprint density at radius 3 is 2.33 bits per heavy atom. The van der Waals surface area contributed by atoms with E-state index in [1.165, 1.54) is 0 Å². The SMILES string of the molecule is CN(C)C(c1ccccc1)c1ccccc1-c1c(O)c2ccc(Cl)cc2[nH]c1=O.Cl. The molecule has 30 heavy (non-hydrogen) atoms. The van der Waals surface area contributed by atoms with E-state index in [1.807, 2.05) is 56.6 Å². The Morgan fingerprint density at radius 2 is 1.63 bits per heavy atom. The van der Waals surface area contributed by atoms with Gasteiger partial charge in [-0.25, -0.2) is 0 Å². The van der Waals surface area contributed by atoms with Crippen molar-refractivity contribution in [1.82, 2.24) is 9.88 Å². The van der Waals surface area contributed by atoms with Crippen molar-refractivity contribution >= 4 is 34.9 Å². The normalized spacial score (nSPS) is 12.0. The summed E-state index contributed by atoms with van der Waals surface area (Å²) in [5.74, 6) is -0.0431. The third kappa shape index (κ3) is 3.94. The molecule has 154 valence electrons. The molecule has 0 aliphatic carbocycles. The van der Waals surface area contributed by atoms with E-state index in [-0.39, 0.29) is 35.3 Å². The summed E-state index contributed by atoms with van der Waals surface area (Å²) in [7, 11) is 4.00. The second-order valence-electron chi connectivity index (χ2n) is 7.23. The van der Waals surface area contributed by atoms with Crippen molar-refractivity contribution in [3.8, 4) is 16.9 Å². The smallest absolute Gasteiger partial charge is 0.260 e. The van der Waals surface area contributed by atoms with Gasteiger partial charge in [0.15, 0.2) is 0 Å². The van der Waals surface area contributed by atoms with E-state index in [0.29, 0.717) is 21.5 Å². The minimum atomic E-state index is -0.352. The van der Waals surface area contributed by atoms with Crippen LogP contribution >= 0.6 is 24.0 Å². The van der Waals surface area contributed by atoms with Gasteiger partial charge < -0.3 is 10.1 Å². The molecule has 0 spiro atoms. The fourth-order valence-corrected chi connectivity index (χ4v) is 4.03. The predicted molar refractivity (Wildman–Crippen MR) is 126 cm³/mol. The zero-order valence-electron chi connectivity index (χ0n) is 16.6. The van der Waals surface area contributed by atoms with Crippen molar-refractivity contribution in [2.24, 2.45) is 0 Å². The van der Waals surface area contributed by atoms with Gasteiger partial charge in [-0.1, -0.05) is 66.2 Å². The molecule has 1 atom stereocenters. The molecular weight excluding hydrogens is 419 g/mol. The molecule has 0 saturated heterocycles. The van der Waals surface area contributed by atoms with Crippen LogP contribution in [0.1, 0.15) is 17.2 Å². The van der Waals surface area contributed by atoms with E-state index >= 15 is 0 Å². The molecule has 6 heteroatoms. The number of aromatic hydroxyl groups is 1. The van der Waals surface area contributed by atoms with Crippen molar-refractivity contribution in [3.05, 3.63) is 99.3 Å². The first kappa shape index (κ1) is 21.9. The maximum atomic E-state index is 13.0. The molecule has 4 aromatic rings. The Balaban J connectivity index is 0.00000256. The van der Waals surface area contributed by atoms with Crippen LogP contribution in [0.3, 0.4) is 0 Å². The third-order valence-electron chi connectivity index (χ3n) is 5.11. The quantitative estimate of drug-likeness (QED) is 0.432. The zero-order chi connectivity index (χ0) is 20.5. The number of aromatic nitrogens is 1. The molecule has 0 fully saturated rings. The highest BCUT2D eigenvalue weighted by Crippen LogP contribution is 2.39. The summed E-state index contributed by atoms with van der Waals surface area (Å²) in [6.45, 7) is 0. The summed E-state index contributed by atoms with van der Waals surface area (Å²) < 4.78 is 0. The highest BCUT2D eigenvalue weighted by Gasteiger charge is 2.23. The molecule has 0 aliphatic rings. The van der Waals surface area contributed by atoms with Crippen LogP contribution in [0.15, 0.2) is 77.6 Å². The van der Waals surface area contributed by atoms with Crippen LogP contribution < -0.4 is 5.56 Å². The first-order valence-corrected chi connectivity index (χ1v) is 9.70. The lowest BCUT2D eigenvalue weighted by Gasteiger charge is -2.27. The summed E-state index contributed by atoms with van der Waals surface area (Å²) in [6.07, 6.45) is 0. The second kappa shape index (κ2) is 8.92. The molecule has 3 aromatic carbocycles. The van der Waals surface area contributed by atoms with Gasteiger partial charge in [0.1, 0.15) is 5.75 Å². The fraction of sp³-hybridized carbons (Fsp3) is 0.125. The van der Waals surface area contributed by atoms with Gasteiger partial charge in [-0.05, 0) is 49.0 Å². The van der Waals surface area contributed by atoms with Crippen molar-refractivity contribution in [2.75, 3.05) is 14.1 Å². The summed E-state index contributed by atoms with van der Waals surface area (Å²) in [6, 6.07) is 22.8. The highest BCUT2D eigenvalue weighted by molar-refractivity contribution is 6.31. The average Bonchev–Trinajstić information content (AvgIpc) is 2.69. The monoisotopic (exact) mass is 440 g/mol. The molecule has 0 bridgehead atoms. The van der Waals surface area contributed by atoms with Gasteiger partial charge in [0.25, 0.3) is 5.56 Å². The first-order chi connectivity index (χ1) is 14.0. The van der Waals surface area contributed by atoms with Crippen LogP contribution in [-0.4, -0.2) is 29.1 Å². The molecule has 0 saturated carbocycles. The van der Waals surface area contributed by atoms with Crippen molar-refractivity contribution in [2.45, 2.75) is 6.04 Å². The lowest BCUT2D eigenvalue weighted by Crippen LogP contribution is -2.22. The number of aromatic amines is 1. The van der Waals surface area contributed by atoms with Gasteiger partial charge in [-0.3, -0.25) is 9.69 Å². The van der Waals surface area contributed by atoms with Crippen molar-refractivity contribution in [3.63, 3.8) is 0 Å². The van der Waals surface area contributed by atoms with E-state index in [4.69, 9.17) is 11.6 Å². The number of pyridine rings is 1. The predicted octanol–water partition coefficient (Wildman–Crippen LogP) is 5.63. The number of halogens is 2. The van der Waals surface area contributed by atoms with E-state index in [0.717, 1.165) is 11.1 Å². The number of benzene rings is 3. The summed E-state index contributed by atoms with van der Waals surface area (Å²) in [5, 5.41) is 12.1. The van der Waals surface area contributed by atoms with Crippen molar-refractivity contribution < 1.29 is 5.11 Å². The minimum Gasteiger partial charge on any atom is -0.506 e. The van der Waals surface area contributed by atoms with Crippen LogP contribution in [0.5, 0.6) is 5.75 Å². The van der Waals surface area contributed by atoms with E-state index in [1.54, 1.807) is 18.2 Å². The second-order valence-corrected chi connectivity index (χ2v) is 7.67. The van der Waals surface area contributed by atoms with Crippen LogP contribution in [0, 0.1) is 0 Å². The van der Waals surface area contributed by atoms with Gasteiger partial charge >= 0.3 is 0 Å².